The highest BCUT2D eigenvalue weighted by Gasteiger charge is 2.53. The van der Waals surface area contributed by atoms with Crippen LogP contribution in [0.5, 0.6) is 0 Å². The SMILES string of the molecule is Cc1ccc(NC(=O)C2(C(=O)O)COC2)o1. The van der Waals surface area contributed by atoms with Crippen LogP contribution in [0.2, 0.25) is 0 Å². The number of carboxylic acid groups (broad SMARTS) is 1. The summed E-state index contributed by atoms with van der Waals surface area (Å²) in [7, 11) is 0. The zero-order valence-corrected chi connectivity index (χ0v) is 8.65. The molecule has 1 aliphatic rings. The van der Waals surface area contributed by atoms with Crippen molar-refractivity contribution in [1.82, 2.24) is 0 Å². The van der Waals surface area contributed by atoms with Gasteiger partial charge in [-0.05, 0) is 13.0 Å². The zero-order chi connectivity index (χ0) is 11.8. The molecule has 0 atom stereocenters. The van der Waals surface area contributed by atoms with Crippen LogP contribution >= 0.6 is 0 Å². The van der Waals surface area contributed by atoms with E-state index >= 15 is 0 Å². The molecule has 86 valence electrons. The fraction of sp³-hybridized carbons (Fsp3) is 0.400. The van der Waals surface area contributed by atoms with Gasteiger partial charge < -0.3 is 14.3 Å². The number of ether oxygens (including phenoxy) is 1. The number of hydrogen-bond donors (Lipinski definition) is 2. The average Bonchev–Trinajstić information content (AvgIpc) is 2.47. The summed E-state index contributed by atoms with van der Waals surface area (Å²) < 4.78 is 9.92. The third-order valence-corrected chi connectivity index (χ3v) is 2.52. The fourth-order valence-electron chi connectivity index (χ4n) is 1.39. The lowest BCUT2D eigenvalue weighted by molar-refractivity contribution is -0.182. The molecule has 16 heavy (non-hydrogen) atoms. The summed E-state index contributed by atoms with van der Waals surface area (Å²) >= 11 is 0. The summed E-state index contributed by atoms with van der Waals surface area (Å²) in [6.07, 6.45) is 0. The second kappa shape index (κ2) is 3.64. The quantitative estimate of drug-likeness (QED) is 0.736. The van der Waals surface area contributed by atoms with Gasteiger partial charge in [0.15, 0.2) is 11.3 Å². The maximum atomic E-state index is 11.7. The Bertz CT molecular complexity index is 432. The van der Waals surface area contributed by atoms with Crippen LogP contribution in [0, 0.1) is 12.3 Å². The molecule has 2 rings (SSSR count). The Balaban J connectivity index is 2.10. The summed E-state index contributed by atoms with van der Waals surface area (Å²) in [6, 6.07) is 3.25. The first-order valence-corrected chi connectivity index (χ1v) is 4.74. The van der Waals surface area contributed by atoms with E-state index in [1.165, 1.54) is 0 Å². The summed E-state index contributed by atoms with van der Waals surface area (Å²) in [5.74, 6) is -0.903. The van der Waals surface area contributed by atoms with Gasteiger partial charge in [-0.2, -0.15) is 0 Å². The first-order chi connectivity index (χ1) is 7.54. The highest BCUT2D eigenvalue weighted by molar-refractivity contribution is 6.08. The number of aryl methyl sites for hydroxylation is 1. The van der Waals surface area contributed by atoms with Gasteiger partial charge in [0.25, 0.3) is 0 Å². The first kappa shape index (κ1) is 10.7. The molecule has 0 unspecified atom stereocenters. The molecule has 0 saturated carbocycles. The molecule has 6 heteroatoms. The summed E-state index contributed by atoms with van der Waals surface area (Å²) in [5, 5.41) is 11.4. The molecular formula is C10H11NO5. The predicted molar refractivity (Wildman–Crippen MR) is 53.0 cm³/mol. The van der Waals surface area contributed by atoms with Crippen molar-refractivity contribution in [2.75, 3.05) is 18.5 Å². The molecule has 1 aliphatic heterocycles. The van der Waals surface area contributed by atoms with Crippen LogP contribution < -0.4 is 5.32 Å². The second-order valence-electron chi connectivity index (χ2n) is 3.74. The molecule has 0 aromatic carbocycles. The maximum Gasteiger partial charge on any atom is 0.324 e. The molecule has 1 saturated heterocycles. The lowest BCUT2D eigenvalue weighted by Gasteiger charge is -2.35. The zero-order valence-electron chi connectivity index (χ0n) is 8.65. The lowest BCUT2D eigenvalue weighted by atomic mass is 9.85. The molecule has 2 N–H and O–H groups in total. The molecular weight excluding hydrogens is 214 g/mol. The van der Waals surface area contributed by atoms with E-state index in [1.807, 2.05) is 0 Å². The van der Waals surface area contributed by atoms with Crippen LogP contribution in [-0.4, -0.2) is 30.2 Å². The number of aliphatic carboxylic acids is 1. The minimum Gasteiger partial charge on any atom is -0.480 e. The molecule has 0 radical (unpaired) electrons. The van der Waals surface area contributed by atoms with Gasteiger partial charge >= 0.3 is 5.97 Å². The molecule has 1 aromatic heterocycles. The van der Waals surface area contributed by atoms with Crippen molar-refractivity contribution in [3.8, 4) is 0 Å². The monoisotopic (exact) mass is 225 g/mol. The Kier molecular flexibility index (Phi) is 2.43. The van der Waals surface area contributed by atoms with E-state index in [1.54, 1.807) is 19.1 Å². The van der Waals surface area contributed by atoms with Crippen LogP contribution in [0.1, 0.15) is 5.76 Å². The molecule has 0 aliphatic carbocycles. The van der Waals surface area contributed by atoms with Crippen molar-refractivity contribution in [1.29, 1.82) is 0 Å². The molecule has 0 spiro atoms. The number of carbonyl (C=O) groups excluding carboxylic acids is 1. The number of furan rings is 1. The molecule has 1 fully saturated rings. The van der Waals surface area contributed by atoms with Crippen molar-refractivity contribution in [2.45, 2.75) is 6.92 Å². The van der Waals surface area contributed by atoms with Gasteiger partial charge in [-0.25, -0.2) is 0 Å². The predicted octanol–water partition coefficient (Wildman–Crippen LogP) is 0.628. The van der Waals surface area contributed by atoms with Gasteiger partial charge in [0, 0.05) is 6.07 Å². The second-order valence-corrected chi connectivity index (χ2v) is 3.74. The number of carbonyl (C=O) groups is 2. The molecule has 6 nitrogen and oxygen atoms in total. The lowest BCUT2D eigenvalue weighted by Crippen LogP contribution is -2.57. The van der Waals surface area contributed by atoms with Crippen molar-refractivity contribution in [2.24, 2.45) is 5.41 Å². The molecule has 0 bridgehead atoms. The van der Waals surface area contributed by atoms with Gasteiger partial charge in [-0.15, -0.1) is 0 Å². The highest BCUT2D eigenvalue weighted by atomic mass is 16.5. The number of hydrogen-bond acceptors (Lipinski definition) is 4. The summed E-state index contributed by atoms with van der Waals surface area (Å²) in [5.41, 5.74) is -1.47. The van der Waals surface area contributed by atoms with Gasteiger partial charge in [0.1, 0.15) is 5.76 Å². The molecule has 2 heterocycles. The van der Waals surface area contributed by atoms with Crippen LogP contribution in [-0.2, 0) is 14.3 Å². The van der Waals surface area contributed by atoms with E-state index in [9.17, 15) is 9.59 Å². The van der Waals surface area contributed by atoms with Gasteiger partial charge in [-0.1, -0.05) is 0 Å². The Labute approximate surface area is 91.2 Å². The van der Waals surface area contributed by atoms with E-state index in [-0.39, 0.29) is 19.1 Å². The number of carboxylic acids is 1. The van der Waals surface area contributed by atoms with Crippen LogP contribution in [0.15, 0.2) is 16.5 Å². The van der Waals surface area contributed by atoms with E-state index in [4.69, 9.17) is 14.3 Å². The smallest absolute Gasteiger partial charge is 0.324 e. The Hall–Kier alpha value is -1.82. The Morgan fingerprint density at radius 3 is 2.50 bits per heavy atom. The minimum atomic E-state index is -1.47. The van der Waals surface area contributed by atoms with Crippen molar-refractivity contribution >= 4 is 17.8 Å². The van der Waals surface area contributed by atoms with E-state index in [0.29, 0.717) is 5.76 Å². The van der Waals surface area contributed by atoms with Gasteiger partial charge in [0.2, 0.25) is 5.91 Å². The number of amides is 1. The minimum absolute atomic E-state index is 0.103. The first-order valence-electron chi connectivity index (χ1n) is 4.74. The van der Waals surface area contributed by atoms with Crippen LogP contribution in [0.25, 0.3) is 0 Å². The fourth-order valence-corrected chi connectivity index (χ4v) is 1.39. The molecule has 1 amide bonds. The van der Waals surface area contributed by atoms with Crippen molar-refractivity contribution < 1.29 is 23.8 Å². The van der Waals surface area contributed by atoms with Crippen molar-refractivity contribution in [3.05, 3.63) is 17.9 Å². The molecule has 1 aromatic rings. The number of nitrogens with one attached hydrogen (secondary N) is 1. The van der Waals surface area contributed by atoms with Crippen LogP contribution in [0.3, 0.4) is 0 Å². The standard InChI is InChI=1S/C10H11NO5/c1-6-2-3-7(16-6)11-8(12)10(9(13)14)4-15-5-10/h2-3H,4-5H2,1H3,(H,11,12)(H,13,14). The number of rotatable bonds is 3. The highest BCUT2D eigenvalue weighted by Crippen LogP contribution is 2.29. The van der Waals surface area contributed by atoms with E-state index < -0.39 is 17.3 Å². The van der Waals surface area contributed by atoms with E-state index in [0.717, 1.165) is 0 Å². The third kappa shape index (κ3) is 1.57. The Morgan fingerprint density at radius 1 is 1.44 bits per heavy atom. The maximum absolute atomic E-state index is 11.7. The summed E-state index contributed by atoms with van der Waals surface area (Å²) in [4.78, 5) is 22.7. The normalized spacial score (nSPS) is 17.6. The van der Waals surface area contributed by atoms with E-state index in [2.05, 4.69) is 5.32 Å². The van der Waals surface area contributed by atoms with Gasteiger partial charge in [-0.3, -0.25) is 14.9 Å². The van der Waals surface area contributed by atoms with Gasteiger partial charge in [0.05, 0.1) is 13.2 Å². The Morgan fingerprint density at radius 2 is 2.12 bits per heavy atom. The number of anilines is 1. The average molecular weight is 225 g/mol. The topological polar surface area (TPSA) is 88.8 Å². The van der Waals surface area contributed by atoms with Crippen LogP contribution in [0.4, 0.5) is 5.88 Å². The third-order valence-electron chi connectivity index (χ3n) is 2.52. The van der Waals surface area contributed by atoms with Crippen molar-refractivity contribution in [3.63, 3.8) is 0 Å². The largest absolute Gasteiger partial charge is 0.480 e. The summed E-state index contributed by atoms with van der Waals surface area (Å²) in [6.45, 7) is 1.52.